The summed E-state index contributed by atoms with van der Waals surface area (Å²) in [6.45, 7) is 1.16. The number of carboxylic acids is 1. The highest BCUT2D eigenvalue weighted by Gasteiger charge is 2.46. The summed E-state index contributed by atoms with van der Waals surface area (Å²) >= 11 is 3.33. The van der Waals surface area contributed by atoms with Gasteiger partial charge in [0.2, 0.25) is 5.91 Å². The molecule has 2 aliphatic heterocycles. The van der Waals surface area contributed by atoms with Gasteiger partial charge in [-0.15, -0.1) is 0 Å². The number of piperidine rings is 1. The highest BCUT2D eigenvalue weighted by atomic mass is 79.9. The van der Waals surface area contributed by atoms with Gasteiger partial charge in [-0.1, -0.05) is 15.9 Å². The van der Waals surface area contributed by atoms with Crippen LogP contribution >= 0.6 is 15.9 Å². The second kappa shape index (κ2) is 6.41. The van der Waals surface area contributed by atoms with Crippen LogP contribution in [0.1, 0.15) is 19.3 Å². The number of quaternary nitrogens is 1. The minimum Gasteiger partial charge on any atom is -0.550 e. The lowest BCUT2D eigenvalue weighted by atomic mass is 9.96. The van der Waals surface area contributed by atoms with Gasteiger partial charge in [0.1, 0.15) is 0 Å². The molecular formula is C16H17BrN2O4. The Hall–Kier alpha value is -1.73. The number of hydrogen-bond acceptors (Lipinski definition) is 4. The molecule has 2 aliphatic rings. The fourth-order valence-corrected chi connectivity index (χ4v) is 3.65. The molecule has 2 heterocycles. The third-order valence-corrected chi connectivity index (χ3v) is 5.21. The van der Waals surface area contributed by atoms with Crippen molar-refractivity contribution < 1.29 is 24.4 Å². The second-order valence-corrected chi connectivity index (χ2v) is 6.97. The highest BCUT2D eigenvalue weighted by molar-refractivity contribution is 9.10. The molecule has 23 heavy (non-hydrogen) atoms. The van der Waals surface area contributed by atoms with Gasteiger partial charge in [0.25, 0.3) is 5.91 Å². The van der Waals surface area contributed by atoms with Crippen molar-refractivity contribution in [3.63, 3.8) is 0 Å². The fourth-order valence-electron chi connectivity index (χ4n) is 3.39. The van der Waals surface area contributed by atoms with E-state index in [2.05, 4.69) is 15.9 Å². The number of carbonyl (C=O) groups is 3. The Morgan fingerprint density at radius 2 is 1.78 bits per heavy atom. The SMILES string of the molecule is O=C([O-])C1CC[NH+]([C@@H]2CC(=O)N(c3ccc(Br)cc3)C2=O)CC1. The summed E-state index contributed by atoms with van der Waals surface area (Å²) in [6.07, 6.45) is 1.17. The van der Waals surface area contributed by atoms with Crippen LogP contribution in [0.5, 0.6) is 0 Å². The number of likely N-dealkylation sites (tertiary alicyclic amines) is 1. The van der Waals surface area contributed by atoms with Gasteiger partial charge < -0.3 is 14.8 Å². The molecule has 2 fully saturated rings. The van der Waals surface area contributed by atoms with Crippen LogP contribution in [0.3, 0.4) is 0 Å². The molecule has 3 rings (SSSR count). The number of carboxylic acid groups (broad SMARTS) is 1. The largest absolute Gasteiger partial charge is 0.550 e. The zero-order chi connectivity index (χ0) is 16.6. The Morgan fingerprint density at radius 3 is 2.35 bits per heavy atom. The number of nitrogens with zero attached hydrogens (tertiary/aromatic N) is 1. The lowest BCUT2D eigenvalue weighted by Gasteiger charge is -2.32. The van der Waals surface area contributed by atoms with Gasteiger partial charge in [0.15, 0.2) is 6.04 Å². The monoisotopic (exact) mass is 380 g/mol. The number of carbonyl (C=O) groups excluding carboxylic acids is 3. The smallest absolute Gasteiger partial charge is 0.292 e. The molecule has 1 atom stereocenters. The number of amides is 2. The Bertz CT molecular complexity index is 638. The van der Waals surface area contributed by atoms with Crippen molar-refractivity contribution in [2.45, 2.75) is 25.3 Å². The summed E-state index contributed by atoms with van der Waals surface area (Å²) in [7, 11) is 0. The molecule has 7 heteroatoms. The Morgan fingerprint density at radius 1 is 1.17 bits per heavy atom. The van der Waals surface area contributed by atoms with Crippen molar-refractivity contribution in [3.05, 3.63) is 28.7 Å². The Labute approximate surface area is 142 Å². The van der Waals surface area contributed by atoms with Crippen molar-refractivity contribution in [2.24, 2.45) is 5.92 Å². The summed E-state index contributed by atoms with van der Waals surface area (Å²) in [5.41, 5.74) is 0.578. The number of imide groups is 1. The molecule has 0 aromatic heterocycles. The maximum absolute atomic E-state index is 12.7. The average molecular weight is 381 g/mol. The molecule has 1 aromatic rings. The van der Waals surface area contributed by atoms with Crippen molar-refractivity contribution in [2.75, 3.05) is 18.0 Å². The summed E-state index contributed by atoms with van der Waals surface area (Å²) in [5, 5.41) is 10.9. The topological polar surface area (TPSA) is 81.9 Å². The molecule has 0 saturated carbocycles. The lowest BCUT2D eigenvalue weighted by Crippen LogP contribution is -3.17. The standard InChI is InChI=1S/C16H17BrN2O4/c17-11-1-3-12(4-2-11)19-14(20)9-13(15(19)21)18-7-5-10(6-8-18)16(22)23/h1-4,10,13H,5-9H2,(H,22,23)/t13-/m1/s1. The number of nitrogens with one attached hydrogen (secondary N) is 1. The number of anilines is 1. The predicted molar refractivity (Wildman–Crippen MR) is 83.5 cm³/mol. The van der Waals surface area contributed by atoms with E-state index in [1.807, 2.05) is 0 Å². The number of halogens is 1. The number of benzene rings is 1. The zero-order valence-electron chi connectivity index (χ0n) is 12.5. The molecule has 0 bridgehead atoms. The van der Waals surface area contributed by atoms with Crippen LogP contribution in [0.25, 0.3) is 0 Å². The Balaban J connectivity index is 1.72. The van der Waals surface area contributed by atoms with E-state index in [0.29, 0.717) is 31.6 Å². The van der Waals surface area contributed by atoms with Crippen LogP contribution in [0.2, 0.25) is 0 Å². The van der Waals surface area contributed by atoms with E-state index in [-0.39, 0.29) is 18.2 Å². The maximum atomic E-state index is 12.7. The minimum atomic E-state index is -1.02. The Kier molecular flexibility index (Phi) is 4.50. The number of hydrogen-bond donors (Lipinski definition) is 1. The van der Waals surface area contributed by atoms with Gasteiger partial charge in [-0.2, -0.15) is 0 Å². The molecule has 0 spiro atoms. The van der Waals surface area contributed by atoms with Gasteiger partial charge in [-0.05, 0) is 24.3 Å². The molecule has 2 amide bonds. The van der Waals surface area contributed by atoms with E-state index in [0.717, 1.165) is 9.37 Å². The summed E-state index contributed by atoms with van der Waals surface area (Å²) in [6, 6.07) is 6.65. The van der Waals surface area contributed by atoms with Gasteiger partial charge in [0.05, 0.1) is 25.2 Å². The number of rotatable bonds is 3. The summed E-state index contributed by atoms with van der Waals surface area (Å²) < 4.78 is 0.881. The molecule has 1 N–H and O–H groups in total. The fraction of sp³-hybridized carbons (Fsp3) is 0.438. The molecule has 1 aromatic carbocycles. The first kappa shape index (κ1) is 16.1. The summed E-state index contributed by atoms with van der Waals surface area (Å²) in [5.74, 6) is -1.85. The second-order valence-electron chi connectivity index (χ2n) is 6.05. The van der Waals surface area contributed by atoms with Gasteiger partial charge >= 0.3 is 0 Å². The molecule has 122 valence electrons. The minimum absolute atomic E-state index is 0.181. The average Bonchev–Trinajstić information content (AvgIpc) is 2.83. The van der Waals surface area contributed by atoms with E-state index >= 15 is 0 Å². The van der Waals surface area contributed by atoms with E-state index in [1.54, 1.807) is 24.3 Å². The third-order valence-electron chi connectivity index (χ3n) is 4.69. The number of aliphatic carboxylic acids is 1. The highest BCUT2D eigenvalue weighted by Crippen LogP contribution is 2.24. The molecule has 0 unspecified atom stereocenters. The zero-order valence-corrected chi connectivity index (χ0v) is 14.0. The predicted octanol–water partition coefficient (Wildman–Crippen LogP) is -0.874. The summed E-state index contributed by atoms with van der Waals surface area (Å²) in [4.78, 5) is 38.1. The molecule has 0 radical (unpaired) electrons. The lowest BCUT2D eigenvalue weighted by molar-refractivity contribution is -0.920. The first-order valence-corrected chi connectivity index (χ1v) is 8.44. The van der Waals surface area contributed by atoms with E-state index in [9.17, 15) is 19.5 Å². The normalized spacial score (nSPS) is 28.2. The molecular weight excluding hydrogens is 364 g/mol. The third kappa shape index (κ3) is 3.16. The van der Waals surface area contributed by atoms with Crippen LogP contribution in [0.4, 0.5) is 5.69 Å². The van der Waals surface area contributed by atoms with Crippen molar-refractivity contribution in [1.29, 1.82) is 0 Å². The first-order chi connectivity index (χ1) is 11.0. The maximum Gasteiger partial charge on any atom is 0.292 e. The first-order valence-electron chi connectivity index (χ1n) is 7.65. The quantitative estimate of drug-likeness (QED) is 0.690. The van der Waals surface area contributed by atoms with Gasteiger partial charge in [0, 0.05) is 29.2 Å². The van der Waals surface area contributed by atoms with E-state index in [1.165, 1.54) is 4.90 Å². The van der Waals surface area contributed by atoms with Crippen LogP contribution in [0, 0.1) is 5.92 Å². The van der Waals surface area contributed by atoms with Crippen molar-refractivity contribution >= 4 is 39.4 Å². The molecule has 0 aliphatic carbocycles. The van der Waals surface area contributed by atoms with Crippen LogP contribution in [-0.4, -0.2) is 36.9 Å². The van der Waals surface area contributed by atoms with Gasteiger partial charge in [-0.3, -0.25) is 9.59 Å². The van der Waals surface area contributed by atoms with Crippen molar-refractivity contribution in [1.82, 2.24) is 0 Å². The van der Waals surface area contributed by atoms with Crippen molar-refractivity contribution in [3.8, 4) is 0 Å². The van der Waals surface area contributed by atoms with Crippen LogP contribution in [-0.2, 0) is 14.4 Å². The van der Waals surface area contributed by atoms with Crippen LogP contribution < -0.4 is 14.9 Å². The molecule has 2 saturated heterocycles. The molecule has 6 nitrogen and oxygen atoms in total. The van der Waals surface area contributed by atoms with E-state index < -0.39 is 17.9 Å². The van der Waals surface area contributed by atoms with E-state index in [4.69, 9.17) is 0 Å². The van der Waals surface area contributed by atoms with Crippen LogP contribution in [0.15, 0.2) is 28.7 Å². The van der Waals surface area contributed by atoms with Gasteiger partial charge in [-0.25, -0.2) is 4.90 Å².